The van der Waals surface area contributed by atoms with E-state index in [1.165, 1.54) is 23.9 Å². The quantitative estimate of drug-likeness (QED) is 0.689. The molecule has 1 heterocycles. The lowest BCUT2D eigenvalue weighted by molar-refractivity contribution is 0.0592. The molecule has 0 spiro atoms. The lowest BCUT2D eigenvalue weighted by Crippen LogP contribution is -2.11. The number of aromatic carboxylic acids is 1. The second kappa shape index (κ2) is 7.06. The van der Waals surface area contributed by atoms with Crippen LogP contribution in [-0.4, -0.2) is 28.7 Å². The van der Waals surface area contributed by atoms with E-state index in [4.69, 9.17) is 10.5 Å². The number of carbonyl (C=O) groups is 2. The number of nitrogens with zero attached hydrogens (tertiary/aromatic N) is 2. The summed E-state index contributed by atoms with van der Waals surface area (Å²) in [6.07, 6.45) is 1.46. The van der Waals surface area contributed by atoms with Gasteiger partial charge in [-0.05, 0) is 29.3 Å². The number of carbonyl (C=O) groups excluding carboxylic acids is 1. The van der Waals surface area contributed by atoms with Crippen LogP contribution in [0.1, 0.15) is 26.4 Å². The highest BCUT2D eigenvalue weighted by Gasteiger charge is 2.21. The monoisotopic (exact) mass is 361 g/mol. The first-order valence-corrected chi connectivity index (χ1v) is 7.90. The number of esters is 1. The Morgan fingerprint density at radius 1 is 1.15 bits per heavy atom. The summed E-state index contributed by atoms with van der Waals surface area (Å²) in [7, 11) is 1.23. The van der Waals surface area contributed by atoms with Crippen LogP contribution in [0.2, 0.25) is 0 Å². The molecule has 7 nitrogen and oxygen atoms in total. The molecule has 0 fully saturated rings. The third-order valence-corrected chi connectivity index (χ3v) is 4.16. The largest absolute Gasteiger partial charge is 0.478 e. The number of benzene rings is 2. The van der Waals surface area contributed by atoms with Crippen LogP contribution in [0.5, 0.6) is 0 Å². The minimum Gasteiger partial charge on any atom is -0.478 e. The first-order valence-electron chi connectivity index (χ1n) is 7.90. The lowest BCUT2D eigenvalue weighted by atomic mass is 9.99. The normalized spacial score (nSPS) is 10.2. The first-order chi connectivity index (χ1) is 13.0. The predicted molar refractivity (Wildman–Crippen MR) is 98.6 cm³/mol. The summed E-state index contributed by atoms with van der Waals surface area (Å²) < 4.78 is 6.24. The van der Waals surface area contributed by atoms with Crippen LogP contribution < -0.4 is 5.73 Å². The smallest absolute Gasteiger partial charge is 0.357 e. The maximum Gasteiger partial charge on any atom is 0.357 e. The van der Waals surface area contributed by atoms with Crippen LogP contribution in [0.4, 0.5) is 5.69 Å². The SMILES string of the molecule is COC(=O)c1c(N)c(C#N)cn1-c1ccc(-c2ccccc2C(=O)O)cc1. The number of nitrogens with two attached hydrogens (primary N) is 1. The Kier molecular flexibility index (Phi) is 4.64. The van der Waals surface area contributed by atoms with Crippen molar-refractivity contribution >= 4 is 17.6 Å². The zero-order valence-electron chi connectivity index (χ0n) is 14.3. The van der Waals surface area contributed by atoms with Gasteiger partial charge in [-0.25, -0.2) is 9.59 Å². The van der Waals surface area contributed by atoms with Crippen LogP contribution in [0.3, 0.4) is 0 Å². The number of ether oxygens (including phenoxy) is 1. The second-order valence-electron chi connectivity index (χ2n) is 5.68. The zero-order chi connectivity index (χ0) is 19.6. The second-order valence-corrected chi connectivity index (χ2v) is 5.68. The number of nitriles is 1. The summed E-state index contributed by atoms with van der Waals surface area (Å²) in [6.45, 7) is 0. The first kappa shape index (κ1) is 17.8. The van der Waals surface area contributed by atoms with Gasteiger partial charge in [0.1, 0.15) is 6.07 Å². The van der Waals surface area contributed by atoms with Crippen LogP contribution in [0, 0.1) is 11.3 Å². The van der Waals surface area contributed by atoms with Crippen LogP contribution in [0.15, 0.2) is 54.7 Å². The van der Waals surface area contributed by atoms with Gasteiger partial charge >= 0.3 is 11.9 Å². The van der Waals surface area contributed by atoms with E-state index in [0.717, 1.165) is 0 Å². The molecule has 0 saturated carbocycles. The molecular weight excluding hydrogens is 346 g/mol. The van der Waals surface area contributed by atoms with Crippen molar-refractivity contribution in [3.8, 4) is 22.9 Å². The zero-order valence-corrected chi connectivity index (χ0v) is 14.3. The van der Waals surface area contributed by atoms with Crippen molar-refractivity contribution in [1.82, 2.24) is 4.57 Å². The molecule has 0 radical (unpaired) electrons. The average molecular weight is 361 g/mol. The molecule has 1 aromatic heterocycles. The Hall–Kier alpha value is -4.05. The number of nitrogen functional groups attached to an aromatic ring is 1. The molecule has 2 aromatic carbocycles. The van der Waals surface area contributed by atoms with Crippen molar-refractivity contribution in [3.05, 3.63) is 71.5 Å². The molecule has 0 unspecified atom stereocenters. The number of anilines is 1. The van der Waals surface area contributed by atoms with E-state index < -0.39 is 11.9 Å². The van der Waals surface area contributed by atoms with E-state index in [9.17, 15) is 20.0 Å². The van der Waals surface area contributed by atoms with E-state index in [1.807, 2.05) is 6.07 Å². The van der Waals surface area contributed by atoms with E-state index in [1.54, 1.807) is 42.5 Å². The Labute approximate surface area is 154 Å². The Bertz CT molecular complexity index is 1080. The van der Waals surface area contributed by atoms with Crippen LogP contribution in [-0.2, 0) is 4.74 Å². The molecule has 0 aliphatic heterocycles. The Morgan fingerprint density at radius 3 is 2.41 bits per heavy atom. The highest BCUT2D eigenvalue weighted by atomic mass is 16.5. The minimum absolute atomic E-state index is 0.0460. The molecule has 0 saturated heterocycles. The van der Waals surface area contributed by atoms with Gasteiger partial charge in [-0.3, -0.25) is 0 Å². The third kappa shape index (κ3) is 3.12. The van der Waals surface area contributed by atoms with Gasteiger partial charge in [0.15, 0.2) is 5.69 Å². The summed E-state index contributed by atoms with van der Waals surface area (Å²) in [5.41, 5.74) is 8.22. The molecule has 3 aromatic rings. The van der Waals surface area contributed by atoms with Crippen molar-refractivity contribution in [2.45, 2.75) is 0 Å². The van der Waals surface area contributed by atoms with Crippen molar-refractivity contribution in [3.63, 3.8) is 0 Å². The molecule has 0 atom stereocenters. The third-order valence-electron chi connectivity index (χ3n) is 4.16. The number of carboxylic acid groups (broad SMARTS) is 1. The molecule has 7 heteroatoms. The van der Waals surface area contributed by atoms with Crippen molar-refractivity contribution in [2.75, 3.05) is 12.8 Å². The topological polar surface area (TPSA) is 118 Å². The Balaban J connectivity index is 2.09. The van der Waals surface area contributed by atoms with Gasteiger partial charge in [-0.1, -0.05) is 30.3 Å². The van der Waals surface area contributed by atoms with E-state index >= 15 is 0 Å². The van der Waals surface area contributed by atoms with Crippen molar-refractivity contribution in [1.29, 1.82) is 5.26 Å². The van der Waals surface area contributed by atoms with Gasteiger partial charge in [0.2, 0.25) is 0 Å². The molecule has 134 valence electrons. The fraction of sp³-hybridized carbons (Fsp3) is 0.0500. The fourth-order valence-electron chi connectivity index (χ4n) is 2.84. The number of hydrogen-bond donors (Lipinski definition) is 2. The van der Waals surface area contributed by atoms with Crippen molar-refractivity contribution < 1.29 is 19.4 Å². The number of aromatic nitrogens is 1. The van der Waals surface area contributed by atoms with Crippen molar-refractivity contribution in [2.24, 2.45) is 0 Å². The van der Waals surface area contributed by atoms with E-state index in [2.05, 4.69) is 0 Å². The lowest BCUT2D eigenvalue weighted by Gasteiger charge is -2.10. The van der Waals surface area contributed by atoms with E-state index in [-0.39, 0.29) is 22.5 Å². The van der Waals surface area contributed by atoms with Crippen LogP contribution in [0.25, 0.3) is 16.8 Å². The molecular formula is C20H15N3O4. The number of hydrogen-bond acceptors (Lipinski definition) is 5. The highest BCUT2D eigenvalue weighted by Crippen LogP contribution is 2.28. The maximum atomic E-state index is 12.1. The fourth-order valence-corrected chi connectivity index (χ4v) is 2.84. The van der Waals surface area contributed by atoms with Crippen LogP contribution >= 0.6 is 0 Å². The summed E-state index contributed by atoms with van der Waals surface area (Å²) in [4.78, 5) is 23.5. The molecule has 3 rings (SSSR count). The molecule has 0 bridgehead atoms. The standard InChI is InChI=1S/C20H15N3O4/c1-27-20(26)18-17(22)13(10-21)11-23(18)14-8-6-12(7-9-14)15-4-2-3-5-16(15)19(24)25/h2-9,11H,22H2,1H3,(H,24,25). The van der Waals surface area contributed by atoms with Gasteiger partial charge in [-0.2, -0.15) is 5.26 Å². The highest BCUT2D eigenvalue weighted by molar-refractivity contribution is 5.97. The average Bonchev–Trinajstić information content (AvgIpc) is 3.03. The van der Waals surface area contributed by atoms with E-state index in [0.29, 0.717) is 16.8 Å². The summed E-state index contributed by atoms with van der Waals surface area (Å²) >= 11 is 0. The number of carboxylic acids is 1. The Morgan fingerprint density at radius 2 is 1.81 bits per heavy atom. The van der Waals surface area contributed by atoms with Gasteiger partial charge in [0.25, 0.3) is 0 Å². The number of rotatable bonds is 4. The van der Waals surface area contributed by atoms with Gasteiger partial charge in [-0.15, -0.1) is 0 Å². The molecule has 27 heavy (non-hydrogen) atoms. The molecule has 0 aliphatic carbocycles. The van der Waals surface area contributed by atoms with Gasteiger partial charge < -0.3 is 20.1 Å². The predicted octanol–water partition coefficient (Wildman–Crippen LogP) is 3.08. The summed E-state index contributed by atoms with van der Waals surface area (Å²) in [6, 6.07) is 15.5. The summed E-state index contributed by atoms with van der Waals surface area (Å²) in [5.74, 6) is -1.67. The molecule has 3 N–H and O–H groups in total. The summed E-state index contributed by atoms with van der Waals surface area (Å²) in [5, 5.41) is 18.5. The van der Waals surface area contributed by atoms with Gasteiger partial charge in [0.05, 0.1) is 23.9 Å². The number of methoxy groups -OCH3 is 1. The minimum atomic E-state index is -1.01. The maximum absolute atomic E-state index is 12.1. The van der Waals surface area contributed by atoms with Gasteiger partial charge in [0, 0.05) is 11.9 Å². The molecule has 0 amide bonds. The molecule has 0 aliphatic rings.